The number of benzene rings is 1. The van der Waals surface area contributed by atoms with Crippen molar-refractivity contribution in [2.24, 2.45) is 5.92 Å². The van der Waals surface area contributed by atoms with E-state index in [4.69, 9.17) is 0 Å². The van der Waals surface area contributed by atoms with E-state index in [1.54, 1.807) is 5.56 Å². The van der Waals surface area contributed by atoms with Gasteiger partial charge in [0.1, 0.15) is 0 Å². The number of piperidine rings is 1. The van der Waals surface area contributed by atoms with E-state index in [9.17, 15) is 0 Å². The molecule has 4 atom stereocenters. The Hall–Kier alpha value is -0.820. The van der Waals surface area contributed by atoms with Crippen molar-refractivity contribution in [1.29, 1.82) is 0 Å². The highest BCUT2D eigenvalue weighted by Gasteiger charge is 2.44. The van der Waals surface area contributed by atoms with E-state index in [2.05, 4.69) is 50.1 Å². The van der Waals surface area contributed by atoms with Crippen LogP contribution in [0.15, 0.2) is 24.3 Å². The third-order valence-electron chi connectivity index (χ3n) is 5.41. The van der Waals surface area contributed by atoms with Gasteiger partial charge in [-0.15, -0.1) is 0 Å². The molecule has 0 amide bonds. The summed E-state index contributed by atoms with van der Waals surface area (Å²) in [5.74, 6) is 1.65. The molecule has 3 rings (SSSR count). The predicted molar refractivity (Wildman–Crippen MR) is 76.9 cm³/mol. The normalized spacial score (nSPS) is 35.9. The van der Waals surface area contributed by atoms with E-state index in [-0.39, 0.29) is 0 Å². The lowest BCUT2D eigenvalue weighted by Gasteiger charge is -2.43. The van der Waals surface area contributed by atoms with Crippen LogP contribution in [0.1, 0.15) is 49.7 Å². The molecular formula is C17H25N. The number of hydrogen-bond donors (Lipinski definition) is 0. The quantitative estimate of drug-likeness (QED) is 0.759. The maximum Gasteiger partial charge on any atom is 0.0130 e. The smallest absolute Gasteiger partial charge is 0.0130 e. The first-order chi connectivity index (χ1) is 8.70. The summed E-state index contributed by atoms with van der Waals surface area (Å²) < 4.78 is 0. The SMILES string of the molecule is CCC1C(c2ccc(C)cc2)CC2CCC1N2C. The van der Waals surface area contributed by atoms with E-state index in [1.165, 1.54) is 31.2 Å². The minimum Gasteiger partial charge on any atom is -0.300 e. The van der Waals surface area contributed by atoms with Crippen LogP contribution in [0.25, 0.3) is 0 Å². The van der Waals surface area contributed by atoms with Crippen LogP contribution in [0.2, 0.25) is 0 Å². The van der Waals surface area contributed by atoms with Crippen LogP contribution in [-0.4, -0.2) is 24.0 Å². The molecule has 1 aromatic rings. The molecule has 2 fully saturated rings. The Labute approximate surface area is 111 Å². The van der Waals surface area contributed by atoms with Gasteiger partial charge in [0.15, 0.2) is 0 Å². The summed E-state index contributed by atoms with van der Waals surface area (Å²) in [4.78, 5) is 2.67. The Morgan fingerprint density at radius 1 is 1.17 bits per heavy atom. The molecule has 2 bridgehead atoms. The molecular weight excluding hydrogens is 218 g/mol. The molecule has 2 heterocycles. The molecule has 0 saturated carbocycles. The average Bonchev–Trinajstić information content (AvgIpc) is 2.63. The summed E-state index contributed by atoms with van der Waals surface area (Å²) in [6, 6.07) is 11.0. The van der Waals surface area contributed by atoms with Gasteiger partial charge in [0, 0.05) is 12.1 Å². The zero-order valence-electron chi connectivity index (χ0n) is 11.9. The second-order valence-electron chi connectivity index (χ2n) is 6.29. The third kappa shape index (κ3) is 1.89. The molecule has 1 heteroatoms. The minimum atomic E-state index is 0.796. The van der Waals surface area contributed by atoms with Crippen LogP contribution in [0, 0.1) is 12.8 Å². The minimum absolute atomic E-state index is 0.796. The first-order valence-electron chi connectivity index (χ1n) is 7.49. The van der Waals surface area contributed by atoms with Gasteiger partial charge in [-0.3, -0.25) is 0 Å². The summed E-state index contributed by atoms with van der Waals surface area (Å²) in [7, 11) is 2.34. The first-order valence-corrected chi connectivity index (χ1v) is 7.49. The monoisotopic (exact) mass is 243 g/mol. The van der Waals surface area contributed by atoms with Crippen molar-refractivity contribution in [3.63, 3.8) is 0 Å². The Kier molecular flexibility index (Phi) is 3.19. The lowest BCUT2D eigenvalue weighted by Crippen LogP contribution is -2.45. The van der Waals surface area contributed by atoms with Gasteiger partial charge < -0.3 is 4.90 Å². The van der Waals surface area contributed by atoms with Gasteiger partial charge in [-0.2, -0.15) is 0 Å². The molecule has 2 saturated heterocycles. The van der Waals surface area contributed by atoms with Crippen molar-refractivity contribution >= 4 is 0 Å². The van der Waals surface area contributed by atoms with Gasteiger partial charge in [-0.25, -0.2) is 0 Å². The molecule has 0 aliphatic carbocycles. The topological polar surface area (TPSA) is 3.24 Å². The van der Waals surface area contributed by atoms with Crippen LogP contribution in [0.4, 0.5) is 0 Å². The average molecular weight is 243 g/mol. The van der Waals surface area contributed by atoms with Crippen molar-refractivity contribution in [2.75, 3.05) is 7.05 Å². The lowest BCUT2D eigenvalue weighted by atomic mass is 9.75. The lowest BCUT2D eigenvalue weighted by molar-refractivity contribution is 0.0974. The fourth-order valence-corrected chi connectivity index (χ4v) is 4.33. The van der Waals surface area contributed by atoms with E-state index in [1.807, 2.05) is 0 Å². The molecule has 4 unspecified atom stereocenters. The summed E-state index contributed by atoms with van der Waals surface area (Å²) in [6.07, 6.45) is 5.52. The van der Waals surface area contributed by atoms with Crippen LogP contribution >= 0.6 is 0 Å². The fraction of sp³-hybridized carbons (Fsp3) is 0.647. The highest BCUT2D eigenvalue weighted by Crippen LogP contribution is 2.47. The van der Waals surface area contributed by atoms with E-state index in [0.29, 0.717) is 0 Å². The standard InChI is InChI=1S/C17H25N/c1-4-15-16(13-7-5-12(2)6-8-13)11-14-9-10-17(15)18(14)3/h5-8,14-17H,4,9-11H2,1-3H3. The van der Waals surface area contributed by atoms with Crippen LogP contribution in [0.5, 0.6) is 0 Å². The molecule has 0 N–H and O–H groups in total. The Balaban J connectivity index is 1.89. The van der Waals surface area contributed by atoms with E-state index >= 15 is 0 Å². The second-order valence-corrected chi connectivity index (χ2v) is 6.29. The molecule has 0 spiro atoms. The maximum atomic E-state index is 2.67. The van der Waals surface area contributed by atoms with Gasteiger partial charge in [0.25, 0.3) is 0 Å². The van der Waals surface area contributed by atoms with Crippen molar-refractivity contribution < 1.29 is 0 Å². The van der Waals surface area contributed by atoms with Gasteiger partial charge in [-0.05, 0) is 50.6 Å². The van der Waals surface area contributed by atoms with Crippen molar-refractivity contribution in [3.8, 4) is 0 Å². The number of fused-ring (bicyclic) bond motifs is 2. The van der Waals surface area contributed by atoms with Crippen molar-refractivity contribution in [2.45, 2.75) is 57.5 Å². The third-order valence-corrected chi connectivity index (χ3v) is 5.41. The Bertz CT molecular complexity index is 408. The molecule has 2 aliphatic heterocycles. The number of rotatable bonds is 2. The van der Waals surface area contributed by atoms with Crippen LogP contribution in [-0.2, 0) is 0 Å². The van der Waals surface area contributed by atoms with Crippen molar-refractivity contribution in [1.82, 2.24) is 4.90 Å². The molecule has 1 nitrogen and oxygen atoms in total. The molecule has 1 aromatic carbocycles. The Morgan fingerprint density at radius 2 is 1.89 bits per heavy atom. The van der Waals surface area contributed by atoms with Crippen molar-refractivity contribution in [3.05, 3.63) is 35.4 Å². The molecule has 0 aromatic heterocycles. The van der Waals surface area contributed by atoms with Crippen LogP contribution in [0.3, 0.4) is 0 Å². The van der Waals surface area contributed by atoms with E-state index < -0.39 is 0 Å². The molecule has 0 radical (unpaired) electrons. The van der Waals surface area contributed by atoms with Gasteiger partial charge in [-0.1, -0.05) is 43.2 Å². The maximum absolute atomic E-state index is 2.67. The first kappa shape index (κ1) is 12.2. The summed E-state index contributed by atoms with van der Waals surface area (Å²) >= 11 is 0. The number of hydrogen-bond acceptors (Lipinski definition) is 1. The van der Waals surface area contributed by atoms with Gasteiger partial charge in [0.05, 0.1) is 0 Å². The molecule has 98 valence electrons. The summed E-state index contributed by atoms with van der Waals surface area (Å²) in [5.41, 5.74) is 2.96. The molecule has 2 aliphatic rings. The van der Waals surface area contributed by atoms with E-state index in [0.717, 1.165) is 23.9 Å². The van der Waals surface area contributed by atoms with Crippen LogP contribution < -0.4 is 0 Å². The zero-order chi connectivity index (χ0) is 12.7. The zero-order valence-corrected chi connectivity index (χ0v) is 11.9. The van der Waals surface area contributed by atoms with Gasteiger partial charge >= 0.3 is 0 Å². The Morgan fingerprint density at radius 3 is 2.56 bits per heavy atom. The highest BCUT2D eigenvalue weighted by atomic mass is 15.2. The highest BCUT2D eigenvalue weighted by molar-refractivity contribution is 5.27. The summed E-state index contributed by atoms with van der Waals surface area (Å²) in [6.45, 7) is 4.55. The molecule has 18 heavy (non-hydrogen) atoms. The number of aryl methyl sites for hydroxylation is 1. The van der Waals surface area contributed by atoms with Gasteiger partial charge in [0.2, 0.25) is 0 Å². The fourth-order valence-electron chi connectivity index (χ4n) is 4.33. The predicted octanol–water partition coefficient (Wildman–Crippen LogP) is 3.97. The summed E-state index contributed by atoms with van der Waals surface area (Å²) in [5, 5.41) is 0. The number of nitrogens with zero attached hydrogens (tertiary/aromatic N) is 1. The second kappa shape index (κ2) is 4.70. The largest absolute Gasteiger partial charge is 0.300 e.